The van der Waals surface area contributed by atoms with Crippen molar-refractivity contribution in [1.82, 2.24) is 14.1 Å². The zero-order valence-electron chi connectivity index (χ0n) is 18.8. The van der Waals surface area contributed by atoms with Gasteiger partial charge in [-0.1, -0.05) is 30.3 Å². The molecular weight excluding hydrogens is 410 g/mol. The molecule has 1 fully saturated rings. The molecule has 0 spiro atoms. The number of aromatic hydroxyl groups is 1. The topological polar surface area (TPSA) is 64.1 Å². The minimum Gasteiger partial charge on any atom is -0.508 e. The maximum Gasteiger partial charge on any atom is 0.242 e. The van der Waals surface area contributed by atoms with E-state index in [1.807, 2.05) is 30.3 Å². The van der Waals surface area contributed by atoms with E-state index in [4.69, 9.17) is 0 Å². The zero-order valence-corrected chi connectivity index (χ0v) is 19.6. The second-order valence-electron chi connectivity index (χ2n) is 8.49. The summed E-state index contributed by atoms with van der Waals surface area (Å²) in [6, 6.07) is 15.0. The lowest BCUT2D eigenvalue weighted by atomic mass is 9.93. The smallest absolute Gasteiger partial charge is 0.242 e. The van der Waals surface area contributed by atoms with E-state index in [0.29, 0.717) is 6.04 Å². The summed E-state index contributed by atoms with van der Waals surface area (Å²) in [6.07, 6.45) is 1.94. The second kappa shape index (κ2) is 9.53. The molecule has 7 heteroatoms. The van der Waals surface area contributed by atoms with Crippen LogP contribution in [0.2, 0.25) is 0 Å². The first-order valence-electron chi connectivity index (χ1n) is 10.6. The molecule has 2 aromatic rings. The minimum absolute atomic E-state index is 0.0912. The molecule has 1 aliphatic rings. The lowest BCUT2D eigenvalue weighted by Crippen LogP contribution is -2.57. The molecule has 1 heterocycles. The number of sulfonamides is 1. The van der Waals surface area contributed by atoms with Crippen LogP contribution >= 0.6 is 0 Å². The Morgan fingerprint density at radius 2 is 1.77 bits per heavy atom. The molecular formula is C24H33N3O3S. The van der Waals surface area contributed by atoms with Crippen molar-refractivity contribution in [3.63, 3.8) is 0 Å². The van der Waals surface area contributed by atoms with Crippen molar-refractivity contribution in [1.29, 1.82) is 0 Å². The van der Waals surface area contributed by atoms with E-state index < -0.39 is 10.0 Å². The van der Waals surface area contributed by atoms with E-state index in [2.05, 4.69) is 30.2 Å². The van der Waals surface area contributed by atoms with Crippen LogP contribution in [0.3, 0.4) is 0 Å². The van der Waals surface area contributed by atoms with Crippen molar-refractivity contribution in [2.24, 2.45) is 0 Å². The molecule has 3 atom stereocenters. The first-order chi connectivity index (χ1) is 14.6. The third-order valence-electron chi connectivity index (χ3n) is 6.02. The van der Waals surface area contributed by atoms with Gasteiger partial charge >= 0.3 is 0 Å². The normalized spacial score (nSPS) is 21.8. The number of phenols is 1. The van der Waals surface area contributed by atoms with Gasteiger partial charge in [0.25, 0.3) is 0 Å². The van der Waals surface area contributed by atoms with E-state index in [1.54, 1.807) is 24.3 Å². The van der Waals surface area contributed by atoms with Crippen LogP contribution in [0, 0.1) is 0 Å². The standard InChI is InChI=1S/C24H33N3O3S/c1-6-14-26-16-19(3)27(17-18(26)2)24(21-8-7-9-22(28)15-21)20-10-12-23(13-11-20)31(29,30)25(4)5/h6-13,15,18-19,24,28H,1,14,16-17H2,2-5H3/t18-,19+,24+/m0/s1. The molecule has 0 unspecified atom stereocenters. The lowest BCUT2D eigenvalue weighted by Gasteiger charge is -2.47. The maximum absolute atomic E-state index is 12.5. The fraction of sp³-hybridized carbons (Fsp3) is 0.417. The molecule has 1 aliphatic heterocycles. The monoisotopic (exact) mass is 443 g/mol. The Bertz CT molecular complexity index is 1000. The van der Waals surface area contributed by atoms with E-state index in [-0.39, 0.29) is 22.7 Å². The third-order valence-corrected chi connectivity index (χ3v) is 7.85. The van der Waals surface area contributed by atoms with Gasteiger partial charge in [-0.2, -0.15) is 0 Å². The van der Waals surface area contributed by atoms with Gasteiger partial charge in [0.2, 0.25) is 10.0 Å². The molecule has 6 nitrogen and oxygen atoms in total. The molecule has 0 amide bonds. The van der Waals surface area contributed by atoms with Gasteiger partial charge in [0.05, 0.1) is 10.9 Å². The maximum atomic E-state index is 12.5. The van der Waals surface area contributed by atoms with Gasteiger partial charge in [0.15, 0.2) is 0 Å². The summed E-state index contributed by atoms with van der Waals surface area (Å²) in [6.45, 7) is 10.9. The molecule has 168 valence electrons. The predicted octanol–water partition coefficient (Wildman–Crippen LogP) is 3.31. The average Bonchev–Trinajstić information content (AvgIpc) is 2.72. The van der Waals surface area contributed by atoms with Crippen molar-refractivity contribution < 1.29 is 13.5 Å². The van der Waals surface area contributed by atoms with E-state index in [0.717, 1.165) is 30.8 Å². The SMILES string of the molecule is C=CCN1C[C@@H](C)N([C@H](c2ccc(S(=O)(=O)N(C)C)cc2)c2cccc(O)c2)C[C@@H]1C. The Hall–Kier alpha value is -2.19. The lowest BCUT2D eigenvalue weighted by molar-refractivity contribution is 0.0306. The number of piperazine rings is 1. The van der Waals surface area contributed by atoms with Crippen molar-refractivity contribution in [3.8, 4) is 5.75 Å². The van der Waals surface area contributed by atoms with Gasteiger partial charge < -0.3 is 5.11 Å². The summed E-state index contributed by atoms with van der Waals surface area (Å²) in [4.78, 5) is 5.13. The molecule has 0 radical (unpaired) electrons. The fourth-order valence-corrected chi connectivity index (χ4v) is 5.21. The molecule has 2 aromatic carbocycles. The molecule has 1 saturated heterocycles. The van der Waals surface area contributed by atoms with Crippen molar-refractivity contribution in [3.05, 3.63) is 72.3 Å². The summed E-state index contributed by atoms with van der Waals surface area (Å²) < 4.78 is 26.2. The number of nitrogens with zero attached hydrogens (tertiary/aromatic N) is 3. The Morgan fingerprint density at radius 3 is 2.35 bits per heavy atom. The summed E-state index contributed by atoms with van der Waals surface area (Å²) in [5.74, 6) is 0.223. The first kappa shape index (κ1) is 23.5. The van der Waals surface area contributed by atoms with E-state index >= 15 is 0 Å². The van der Waals surface area contributed by atoms with Gasteiger partial charge in [0, 0.05) is 45.8 Å². The Morgan fingerprint density at radius 1 is 1.10 bits per heavy atom. The van der Waals surface area contributed by atoms with Gasteiger partial charge in [-0.15, -0.1) is 6.58 Å². The fourth-order valence-electron chi connectivity index (χ4n) is 4.31. The number of hydrogen-bond acceptors (Lipinski definition) is 5. The Balaban J connectivity index is 2.01. The van der Waals surface area contributed by atoms with Gasteiger partial charge in [-0.3, -0.25) is 9.80 Å². The second-order valence-corrected chi connectivity index (χ2v) is 10.6. The third kappa shape index (κ3) is 5.01. The minimum atomic E-state index is -3.49. The first-order valence-corrected chi connectivity index (χ1v) is 12.0. The predicted molar refractivity (Wildman–Crippen MR) is 125 cm³/mol. The molecule has 1 N–H and O–H groups in total. The molecule has 31 heavy (non-hydrogen) atoms. The number of rotatable bonds is 7. The highest BCUT2D eigenvalue weighted by molar-refractivity contribution is 7.89. The van der Waals surface area contributed by atoms with Gasteiger partial charge in [-0.25, -0.2) is 12.7 Å². The molecule has 0 aromatic heterocycles. The summed E-state index contributed by atoms with van der Waals surface area (Å²) in [5.41, 5.74) is 1.99. The molecule has 0 bridgehead atoms. The largest absolute Gasteiger partial charge is 0.508 e. The highest BCUT2D eigenvalue weighted by Gasteiger charge is 2.34. The quantitative estimate of drug-likeness (QED) is 0.665. The molecule has 3 rings (SSSR count). The van der Waals surface area contributed by atoms with Crippen molar-refractivity contribution in [2.75, 3.05) is 33.7 Å². The molecule has 0 saturated carbocycles. The summed E-state index contributed by atoms with van der Waals surface area (Å²) in [7, 11) is -0.420. The van der Waals surface area contributed by atoms with Gasteiger partial charge in [-0.05, 0) is 49.2 Å². The van der Waals surface area contributed by atoms with Crippen LogP contribution in [0.25, 0.3) is 0 Å². The Labute approximate surface area is 186 Å². The zero-order chi connectivity index (χ0) is 22.8. The number of benzene rings is 2. The average molecular weight is 444 g/mol. The summed E-state index contributed by atoms with van der Waals surface area (Å²) >= 11 is 0. The van der Waals surface area contributed by atoms with Crippen LogP contribution in [0.1, 0.15) is 31.0 Å². The van der Waals surface area contributed by atoms with Crippen LogP contribution in [0.4, 0.5) is 0 Å². The Kier molecular flexibility index (Phi) is 7.21. The van der Waals surface area contributed by atoms with Crippen LogP contribution < -0.4 is 0 Å². The summed E-state index contributed by atoms with van der Waals surface area (Å²) in [5, 5.41) is 10.1. The van der Waals surface area contributed by atoms with Crippen LogP contribution in [0.15, 0.2) is 66.1 Å². The van der Waals surface area contributed by atoms with E-state index in [9.17, 15) is 13.5 Å². The van der Waals surface area contributed by atoms with Crippen LogP contribution in [-0.2, 0) is 10.0 Å². The van der Waals surface area contributed by atoms with Crippen molar-refractivity contribution in [2.45, 2.75) is 36.9 Å². The van der Waals surface area contributed by atoms with Gasteiger partial charge in [0.1, 0.15) is 5.75 Å². The number of hydrogen-bond donors (Lipinski definition) is 1. The number of phenolic OH excluding ortho intramolecular Hbond substituents is 1. The van der Waals surface area contributed by atoms with E-state index in [1.165, 1.54) is 18.4 Å². The highest BCUT2D eigenvalue weighted by Crippen LogP contribution is 2.35. The highest BCUT2D eigenvalue weighted by atomic mass is 32.2. The van der Waals surface area contributed by atoms with Crippen molar-refractivity contribution >= 4 is 10.0 Å². The molecule has 0 aliphatic carbocycles. The van der Waals surface area contributed by atoms with Crippen LogP contribution in [-0.4, -0.2) is 73.4 Å². The van der Waals surface area contributed by atoms with Crippen LogP contribution in [0.5, 0.6) is 5.75 Å².